The molecule has 1 aliphatic rings. The lowest BCUT2D eigenvalue weighted by atomic mass is 10.2. The van der Waals surface area contributed by atoms with Crippen LogP contribution in [-0.4, -0.2) is 47.5 Å². The van der Waals surface area contributed by atoms with E-state index in [9.17, 15) is 0 Å². The maximum absolute atomic E-state index is 5.39. The molecular weight excluding hydrogens is 306 g/mol. The number of hydrogen-bond acceptors (Lipinski definition) is 4. The van der Waals surface area contributed by atoms with Crippen LogP contribution in [0, 0.1) is 0 Å². The molecule has 3 aromatic rings. The Kier molecular flexibility index (Phi) is 4.41. The molecule has 1 saturated heterocycles. The Morgan fingerprint density at radius 2 is 2.00 bits per heavy atom. The van der Waals surface area contributed by atoms with Gasteiger partial charge in [0.15, 0.2) is 0 Å². The molecule has 120 valence electrons. The van der Waals surface area contributed by atoms with Gasteiger partial charge in [-0.3, -0.25) is 4.90 Å². The van der Waals surface area contributed by atoms with Crippen molar-refractivity contribution < 1.29 is 4.74 Å². The van der Waals surface area contributed by atoms with E-state index in [0.717, 1.165) is 45.7 Å². The molecule has 4 nitrogen and oxygen atoms in total. The minimum atomic E-state index is 0.875. The van der Waals surface area contributed by atoms with Crippen LogP contribution in [0.2, 0.25) is 0 Å². The van der Waals surface area contributed by atoms with Crippen LogP contribution in [0.15, 0.2) is 41.9 Å². The van der Waals surface area contributed by atoms with Crippen molar-refractivity contribution in [2.45, 2.75) is 12.8 Å². The molecule has 1 aliphatic heterocycles. The summed E-state index contributed by atoms with van der Waals surface area (Å²) in [4.78, 5) is 2.48. The number of nitrogens with zero attached hydrogens (tertiary/aromatic N) is 3. The zero-order valence-electron chi connectivity index (χ0n) is 13.1. The van der Waals surface area contributed by atoms with E-state index in [-0.39, 0.29) is 0 Å². The van der Waals surface area contributed by atoms with Gasteiger partial charge in [-0.2, -0.15) is 5.10 Å². The summed E-state index contributed by atoms with van der Waals surface area (Å²) < 4.78 is 8.72. The second-order valence-electron chi connectivity index (χ2n) is 5.93. The minimum absolute atomic E-state index is 0.875. The molecular formula is C18H21N3OS. The molecule has 0 atom stereocenters. The number of thiophene rings is 1. The highest BCUT2D eigenvalue weighted by atomic mass is 32.1. The van der Waals surface area contributed by atoms with Crippen LogP contribution in [0.5, 0.6) is 0 Å². The van der Waals surface area contributed by atoms with Crippen molar-refractivity contribution in [3.8, 4) is 5.69 Å². The third-order valence-electron chi connectivity index (χ3n) is 4.36. The van der Waals surface area contributed by atoms with Gasteiger partial charge in [0.25, 0.3) is 0 Å². The second-order valence-corrected chi connectivity index (χ2v) is 6.84. The Labute approximate surface area is 140 Å². The second kappa shape index (κ2) is 6.83. The summed E-state index contributed by atoms with van der Waals surface area (Å²) in [6.07, 6.45) is 4.27. The van der Waals surface area contributed by atoms with E-state index in [0.29, 0.717) is 0 Å². The molecule has 0 N–H and O–H groups in total. The average molecular weight is 327 g/mol. The van der Waals surface area contributed by atoms with Crippen LogP contribution in [0.1, 0.15) is 12.1 Å². The Balaban J connectivity index is 1.40. The zero-order chi connectivity index (χ0) is 15.5. The smallest absolute Gasteiger partial charge is 0.0831 e. The highest BCUT2D eigenvalue weighted by molar-refractivity contribution is 7.17. The summed E-state index contributed by atoms with van der Waals surface area (Å²) in [6.45, 7) is 5.02. The number of aryl methyl sites for hydroxylation is 1. The lowest BCUT2D eigenvalue weighted by Gasteiger charge is -2.26. The summed E-state index contributed by atoms with van der Waals surface area (Å²) in [5.41, 5.74) is 2.36. The Bertz CT molecular complexity index is 773. The fraction of sp³-hybridized carbons (Fsp3) is 0.389. The molecule has 2 aromatic heterocycles. The Morgan fingerprint density at radius 1 is 1.13 bits per heavy atom. The molecule has 0 saturated carbocycles. The SMILES string of the molecule is c1ccc2c(-n3ccc(CCCN4CCOCC4)n3)csc2c1. The number of benzene rings is 1. The molecule has 5 heteroatoms. The highest BCUT2D eigenvalue weighted by Gasteiger charge is 2.11. The van der Waals surface area contributed by atoms with Crippen molar-refractivity contribution >= 4 is 21.4 Å². The molecule has 4 rings (SSSR count). The highest BCUT2D eigenvalue weighted by Crippen LogP contribution is 2.28. The van der Waals surface area contributed by atoms with E-state index >= 15 is 0 Å². The van der Waals surface area contributed by atoms with Crippen molar-refractivity contribution in [3.05, 3.63) is 47.6 Å². The summed E-state index contributed by atoms with van der Waals surface area (Å²) in [5.74, 6) is 0. The number of fused-ring (bicyclic) bond motifs is 1. The first-order chi connectivity index (χ1) is 11.4. The van der Waals surface area contributed by atoms with Gasteiger partial charge in [-0.1, -0.05) is 18.2 Å². The van der Waals surface area contributed by atoms with Crippen LogP contribution in [0.3, 0.4) is 0 Å². The van der Waals surface area contributed by atoms with E-state index in [1.54, 1.807) is 11.3 Å². The summed E-state index contributed by atoms with van der Waals surface area (Å²) in [6, 6.07) is 10.6. The van der Waals surface area contributed by atoms with Gasteiger partial charge in [0.2, 0.25) is 0 Å². The van der Waals surface area contributed by atoms with Crippen LogP contribution in [0.25, 0.3) is 15.8 Å². The monoisotopic (exact) mass is 327 g/mol. The molecule has 0 aliphatic carbocycles. The van der Waals surface area contributed by atoms with Crippen LogP contribution in [-0.2, 0) is 11.2 Å². The first-order valence-electron chi connectivity index (χ1n) is 8.21. The molecule has 0 unspecified atom stereocenters. The zero-order valence-corrected chi connectivity index (χ0v) is 14.0. The summed E-state index contributed by atoms with van der Waals surface area (Å²) in [5, 5.41) is 8.23. The topological polar surface area (TPSA) is 30.3 Å². The van der Waals surface area contributed by atoms with Crippen LogP contribution < -0.4 is 0 Å². The van der Waals surface area contributed by atoms with E-state index in [2.05, 4.69) is 46.8 Å². The first-order valence-corrected chi connectivity index (χ1v) is 9.09. The van der Waals surface area contributed by atoms with Gasteiger partial charge in [-0.05, 0) is 31.5 Å². The molecule has 0 spiro atoms. The minimum Gasteiger partial charge on any atom is -0.379 e. The van der Waals surface area contributed by atoms with Crippen molar-refractivity contribution in [1.29, 1.82) is 0 Å². The van der Waals surface area contributed by atoms with Gasteiger partial charge < -0.3 is 4.74 Å². The number of morpholine rings is 1. The van der Waals surface area contributed by atoms with Gasteiger partial charge in [-0.15, -0.1) is 11.3 Å². The predicted octanol–water partition coefficient (Wildman–Crippen LogP) is 3.35. The first kappa shape index (κ1) is 14.9. The van der Waals surface area contributed by atoms with Gasteiger partial charge >= 0.3 is 0 Å². The molecule has 0 radical (unpaired) electrons. The molecule has 1 aromatic carbocycles. The van der Waals surface area contributed by atoms with Gasteiger partial charge in [0, 0.05) is 34.8 Å². The number of ether oxygens (including phenoxy) is 1. The molecule has 0 amide bonds. The van der Waals surface area contributed by atoms with Crippen molar-refractivity contribution in [2.75, 3.05) is 32.8 Å². The van der Waals surface area contributed by atoms with E-state index in [1.165, 1.54) is 21.5 Å². The van der Waals surface area contributed by atoms with E-state index in [4.69, 9.17) is 9.84 Å². The lowest BCUT2D eigenvalue weighted by molar-refractivity contribution is 0.0374. The molecule has 1 fully saturated rings. The Hall–Kier alpha value is -1.69. The molecule has 23 heavy (non-hydrogen) atoms. The summed E-state index contributed by atoms with van der Waals surface area (Å²) >= 11 is 1.78. The maximum Gasteiger partial charge on any atom is 0.0831 e. The van der Waals surface area contributed by atoms with Crippen molar-refractivity contribution in [3.63, 3.8) is 0 Å². The molecule has 3 heterocycles. The number of aromatic nitrogens is 2. The predicted molar refractivity (Wildman–Crippen MR) is 94.5 cm³/mol. The standard InChI is InChI=1S/C18H21N3OS/c1-2-6-18-16(5-1)17(14-23-18)21-9-7-15(19-21)4-3-8-20-10-12-22-13-11-20/h1-2,5-7,9,14H,3-4,8,10-13H2. The third-order valence-corrected chi connectivity index (χ3v) is 5.31. The van der Waals surface area contributed by atoms with E-state index < -0.39 is 0 Å². The van der Waals surface area contributed by atoms with Gasteiger partial charge in [0.05, 0.1) is 24.6 Å². The van der Waals surface area contributed by atoms with Crippen LogP contribution in [0.4, 0.5) is 0 Å². The fourth-order valence-corrected chi connectivity index (χ4v) is 4.01. The van der Waals surface area contributed by atoms with Gasteiger partial charge in [-0.25, -0.2) is 4.68 Å². The molecule has 0 bridgehead atoms. The fourth-order valence-electron chi connectivity index (χ4n) is 3.08. The number of hydrogen-bond donors (Lipinski definition) is 0. The third kappa shape index (κ3) is 3.32. The number of rotatable bonds is 5. The van der Waals surface area contributed by atoms with Crippen LogP contribution >= 0.6 is 11.3 Å². The largest absolute Gasteiger partial charge is 0.379 e. The quantitative estimate of drug-likeness (QED) is 0.720. The normalized spacial score (nSPS) is 16.2. The lowest BCUT2D eigenvalue weighted by Crippen LogP contribution is -2.36. The maximum atomic E-state index is 5.39. The van der Waals surface area contributed by atoms with Crippen molar-refractivity contribution in [2.24, 2.45) is 0 Å². The summed E-state index contributed by atoms with van der Waals surface area (Å²) in [7, 11) is 0. The van der Waals surface area contributed by atoms with Gasteiger partial charge in [0.1, 0.15) is 0 Å². The van der Waals surface area contributed by atoms with E-state index in [1.807, 2.05) is 4.68 Å². The Morgan fingerprint density at radius 3 is 2.91 bits per heavy atom. The average Bonchev–Trinajstić information content (AvgIpc) is 3.22. The van der Waals surface area contributed by atoms with Crippen molar-refractivity contribution in [1.82, 2.24) is 14.7 Å².